The van der Waals surface area contributed by atoms with E-state index in [2.05, 4.69) is 10.6 Å². The monoisotopic (exact) mass is 656 g/mol. The highest BCUT2D eigenvalue weighted by Gasteiger charge is 2.15. The van der Waals surface area contributed by atoms with Crippen molar-refractivity contribution in [3.05, 3.63) is 82.0 Å². The van der Waals surface area contributed by atoms with Crippen LogP contribution in [0.5, 0.6) is 11.5 Å². The predicted molar refractivity (Wildman–Crippen MR) is 180 cm³/mol. The summed E-state index contributed by atoms with van der Waals surface area (Å²) in [6.07, 6.45) is 3.83. The lowest BCUT2D eigenvalue weighted by Crippen LogP contribution is -2.20. The number of nitrogens with two attached hydrogens (primary N) is 2. The van der Waals surface area contributed by atoms with E-state index < -0.39 is 0 Å². The topological polar surface area (TPSA) is 176 Å². The summed E-state index contributed by atoms with van der Waals surface area (Å²) in [7, 11) is 0. The van der Waals surface area contributed by atoms with Crippen LogP contribution in [0.25, 0.3) is 0 Å². The van der Waals surface area contributed by atoms with Gasteiger partial charge >= 0.3 is 0 Å². The molecule has 0 fully saturated rings. The van der Waals surface area contributed by atoms with Crippen LogP contribution in [0.4, 0.5) is 11.4 Å². The molecule has 8 N–H and O–H groups in total. The minimum Gasteiger partial charge on any atom is -0.494 e. The lowest BCUT2D eigenvalue weighted by Gasteiger charge is -2.07. The molecule has 0 saturated heterocycles. The Hall–Kier alpha value is -3.98. The second kappa shape index (κ2) is 16.6. The summed E-state index contributed by atoms with van der Waals surface area (Å²) >= 11 is 5.79. The summed E-state index contributed by atoms with van der Waals surface area (Å²) in [5, 5.41) is 20.6. The van der Waals surface area contributed by atoms with E-state index in [0.29, 0.717) is 39.0 Å². The van der Waals surface area contributed by atoms with Gasteiger partial charge < -0.3 is 31.6 Å². The maximum absolute atomic E-state index is 12.3. The highest BCUT2D eigenvalue weighted by Crippen LogP contribution is 2.35. The van der Waals surface area contributed by atoms with Crippen molar-refractivity contribution >= 4 is 81.1 Å². The van der Waals surface area contributed by atoms with E-state index in [0.717, 1.165) is 14.2 Å². The first kappa shape index (κ1) is 33.5. The van der Waals surface area contributed by atoms with E-state index in [9.17, 15) is 9.59 Å². The van der Waals surface area contributed by atoms with Crippen LogP contribution < -0.4 is 31.6 Å². The lowest BCUT2D eigenvalue weighted by molar-refractivity contribution is -0.118. The second-order valence-electron chi connectivity index (χ2n) is 8.42. The van der Waals surface area contributed by atoms with Gasteiger partial charge in [-0.05, 0) is 68.0 Å². The maximum Gasteiger partial charge on any atom is 0.262 e. The molecule has 226 valence electrons. The van der Waals surface area contributed by atoms with Crippen molar-refractivity contribution in [1.29, 1.82) is 10.8 Å². The number of nitrogen functional groups attached to an aromatic ring is 2. The van der Waals surface area contributed by atoms with Crippen LogP contribution in [-0.2, 0) is 4.79 Å². The van der Waals surface area contributed by atoms with Gasteiger partial charge in [-0.25, -0.2) is 0 Å². The molecule has 0 aliphatic heterocycles. The third-order valence-electron chi connectivity index (χ3n) is 5.36. The Morgan fingerprint density at radius 3 is 1.79 bits per heavy atom. The van der Waals surface area contributed by atoms with Gasteiger partial charge in [0.15, 0.2) is 6.61 Å². The van der Waals surface area contributed by atoms with Crippen molar-refractivity contribution in [2.24, 2.45) is 11.5 Å². The fourth-order valence-electron chi connectivity index (χ4n) is 3.41. The van der Waals surface area contributed by atoms with E-state index in [4.69, 9.17) is 31.8 Å². The summed E-state index contributed by atoms with van der Waals surface area (Å²) in [6, 6.07) is 19.6. The van der Waals surface area contributed by atoms with E-state index in [-0.39, 0.29) is 30.1 Å². The van der Waals surface area contributed by atoms with E-state index in [1.807, 2.05) is 37.6 Å². The number of rotatable bonds is 12. The van der Waals surface area contributed by atoms with Gasteiger partial charge in [0.1, 0.15) is 23.2 Å². The molecule has 14 heteroatoms. The zero-order valence-corrected chi connectivity index (χ0v) is 27.0. The van der Waals surface area contributed by atoms with Crippen LogP contribution in [0.1, 0.15) is 27.0 Å². The number of thiophene rings is 2. The molecular formula is C29H32N6O4S4. The number of nitrogens with one attached hydrogen (secondary N) is 4. The van der Waals surface area contributed by atoms with Gasteiger partial charge in [-0.2, -0.15) is 0 Å². The second-order valence-corrected chi connectivity index (χ2v) is 12.7. The van der Waals surface area contributed by atoms with E-state index >= 15 is 0 Å². The van der Waals surface area contributed by atoms with Gasteiger partial charge in [0.2, 0.25) is 0 Å². The summed E-state index contributed by atoms with van der Waals surface area (Å²) in [4.78, 5) is 25.5. The molecule has 2 aromatic heterocycles. The lowest BCUT2D eigenvalue weighted by atomic mass is 10.2. The van der Waals surface area contributed by atoms with Crippen molar-refractivity contribution in [1.82, 2.24) is 0 Å². The molecule has 0 atom stereocenters. The Bertz CT molecular complexity index is 1550. The molecule has 0 radical (unpaired) electrons. The maximum atomic E-state index is 12.3. The van der Waals surface area contributed by atoms with Crippen molar-refractivity contribution in [3.63, 3.8) is 0 Å². The minimum absolute atomic E-state index is 0.00173. The summed E-state index contributed by atoms with van der Waals surface area (Å²) in [5.41, 5.74) is 12.9. The standard InChI is InChI=1S/C15H17N3O2S2.C14H15N3O2S2/c1-3-20-10-6-4-9(5-7-10)14(19)18-11-8-12(13(16)17)22-15(11)21-2;1-20-14-10(7-11(21-14)13(15)16)17-12(18)8-19-9-5-3-2-4-6-9/h4-8H,3H2,1-2H3,(H3,16,17)(H,18,19);2-7H,8H2,1H3,(H3,15,16)(H,17,18). The minimum atomic E-state index is -0.248. The van der Waals surface area contributed by atoms with Crippen LogP contribution in [-0.4, -0.2) is 49.2 Å². The van der Waals surface area contributed by atoms with E-state index in [1.165, 1.54) is 46.2 Å². The molecule has 0 saturated carbocycles. The zero-order chi connectivity index (χ0) is 31.4. The highest BCUT2D eigenvalue weighted by molar-refractivity contribution is 8.00. The predicted octanol–water partition coefficient (Wildman–Crippen LogP) is 6.18. The Kier molecular flexibility index (Phi) is 12.9. The first-order valence-electron chi connectivity index (χ1n) is 12.7. The first-order chi connectivity index (χ1) is 20.6. The van der Waals surface area contributed by atoms with Crippen molar-refractivity contribution < 1.29 is 19.1 Å². The van der Waals surface area contributed by atoms with Crippen molar-refractivity contribution in [2.75, 3.05) is 36.4 Å². The summed E-state index contributed by atoms with van der Waals surface area (Å²) in [5.74, 6) is 0.928. The summed E-state index contributed by atoms with van der Waals surface area (Å²) in [6.45, 7) is 2.43. The number of anilines is 2. The molecule has 10 nitrogen and oxygen atoms in total. The molecular weight excluding hydrogens is 625 g/mol. The number of thioether (sulfide) groups is 2. The third kappa shape index (κ3) is 10.1. The molecule has 2 aromatic carbocycles. The average Bonchev–Trinajstić information content (AvgIpc) is 3.61. The van der Waals surface area contributed by atoms with Gasteiger partial charge in [-0.15, -0.1) is 46.2 Å². The van der Waals surface area contributed by atoms with Gasteiger partial charge in [0.25, 0.3) is 11.8 Å². The fourth-order valence-corrected chi connectivity index (χ4v) is 6.69. The van der Waals surface area contributed by atoms with Crippen LogP contribution in [0.15, 0.2) is 75.1 Å². The van der Waals surface area contributed by atoms with Crippen LogP contribution in [0.2, 0.25) is 0 Å². The first-order valence-corrected chi connectivity index (χ1v) is 16.8. The van der Waals surface area contributed by atoms with Crippen molar-refractivity contribution in [3.8, 4) is 11.5 Å². The molecule has 0 unspecified atom stereocenters. The average molecular weight is 657 g/mol. The molecule has 0 bridgehead atoms. The van der Waals surface area contributed by atoms with Crippen LogP contribution in [0, 0.1) is 10.8 Å². The number of hydrogen-bond donors (Lipinski definition) is 6. The largest absolute Gasteiger partial charge is 0.494 e. The smallest absolute Gasteiger partial charge is 0.262 e. The summed E-state index contributed by atoms with van der Waals surface area (Å²) < 4.78 is 12.6. The Labute approximate surface area is 266 Å². The molecule has 43 heavy (non-hydrogen) atoms. The highest BCUT2D eigenvalue weighted by atomic mass is 32.2. The molecule has 2 heterocycles. The Morgan fingerprint density at radius 1 is 0.791 bits per heavy atom. The SMILES string of the molecule is CCOc1ccc(C(=O)Nc2cc(C(=N)N)sc2SC)cc1.CSc1sc(C(=N)N)cc1NC(=O)COc1ccccc1. The molecule has 0 spiro atoms. The quantitative estimate of drug-likeness (QED) is 0.0595. The number of amides is 2. The number of amidine groups is 2. The number of ether oxygens (including phenoxy) is 2. The molecule has 2 amide bonds. The molecule has 4 aromatic rings. The zero-order valence-electron chi connectivity index (χ0n) is 23.7. The number of para-hydroxylation sites is 1. The van der Waals surface area contributed by atoms with Gasteiger partial charge in [-0.3, -0.25) is 20.4 Å². The van der Waals surface area contributed by atoms with Gasteiger partial charge in [0.05, 0.1) is 36.2 Å². The number of carbonyl (C=O) groups excluding carboxylic acids is 2. The molecule has 0 aliphatic rings. The molecule has 0 aliphatic carbocycles. The number of carbonyl (C=O) groups is 2. The molecule has 4 rings (SSSR count). The van der Waals surface area contributed by atoms with Gasteiger partial charge in [-0.1, -0.05) is 18.2 Å². The van der Waals surface area contributed by atoms with E-state index in [1.54, 1.807) is 48.5 Å². The third-order valence-corrected chi connectivity index (χ3v) is 9.97. The van der Waals surface area contributed by atoms with Crippen molar-refractivity contribution in [2.45, 2.75) is 15.3 Å². The normalized spacial score (nSPS) is 10.2. The Balaban J connectivity index is 0.000000236. The number of hydrogen-bond acceptors (Lipinski definition) is 10. The Morgan fingerprint density at radius 2 is 1.30 bits per heavy atom. The van der Waals surface area contributed by atoms with Crippen LogP contribution >= 0.6 is 46.2 Å². The van der Waals surface area contributed by atoms with Gasteiger partial charge in [0, 0.05) is 5.56 Å². The number of benzene rings is 2. The van der Waals surface area contributed by atoms with Crippen LogP contribution in [0.3, 0.4) is 0 Å². The fraction of sp³-hybridized carbons (Fsp3) is 0.172.